The molecule has 0 aromatic carbocycles. The van der Waals surface area contributed by atoms with Crippen LogP contribution in [0.5, 0.6) is 0 Å². The molecule has 2 heterocycles. The maximum absolute atomic E-state index is 9.98. The highest BCUT2D eigenvalue weighted by Gasteiger charge is 2.39. The number of hydrogen-bond donors (Lipinski definition) is 1. The lowest BCUT2D eigenvalue weighted by atomic mass is 9.93. The zero-order valence-corrected chi connectivity index (χ0v) is 13.2. The van der Waals surface area contributed by atoms with Gasteiger partial charge in [0.2, 0.25) is 11.7 Å². The third kappa shape index (κ3) is 4.25. The molecule has 1 unspecified atom stereocenters. The molecule has 0 spiro atoms. The Labute approximate surface area is 125 Å². The van der Waals surface area contributed by atoms with Gasteiger partial charge in [-0.3, -0.25) is 0 Å². The quantitative estimate of drug-likeness (QED) is 0.830. The van der Waals surface area contributed by atoms with Crippen molar-refractivity contribution in [3.05, 3.63) is 11.7 Å². The Morgan fingerprint density at radius 3 is 2.67 bits per heavy atom. The van der Waals surface area contributed by atoms with Crippen molar-refractivity contribution in [2.45, 2.75) is 58.2 Å². The summed E-state index contributed by atoms with van der Waals surface area (Å²) in [4.78, 5) is 4.45. The summed E-state index contributed by atoms with van der Waals surface area (Å²) in [5, 5.41) is 14.1. The van der Waals surface area contributed by atoms with Crippen molar-refractivity contribution in [2.75, 3.05) is 19.8 Å². The molecule has 1 N–H and O–H groups in total. The average molecular weight is 298 g/mol. The van der Waals surface area contributed by atoms with E-state index in [1.165, 1.54) is 0 Å². The van der Waals surface area contributed by atoms with E-state index in [0.29, 0.717) is 43.9 Å². The van der Waals surface area contributed by atoms with E-state index < -0.39 is 11.7 Å². The fraction of sp³-hybridized carbons (Fsp3) is 0.867. The van der Waals surface area contributed by atoms with Crippen LogP contribution in [0, 0.1) is 5.92 Å². The predicted molar refractivity (Wildman–Crippen MR) is 76.8 cm³/mol. The molecule has 1 aromatic rings. The van der Waals surface area contributed by atoms with E-state index in [-0.39, 0.29) is 0 Å². The van der Waals surface area contributed by atoms with Crippen LogP contribution in [0.15, 0.2) is 4.52 Å². The lowest BCUT2D eigenvalue weighted by molar-refractivity contribution is -0.118. The maximum atomic E-state index is 9.98. The van der Waals surface area contributed by atoms with E-state index in [0.717, 1.165) is 19.3 Å². The predicted octanol–water partition coefficient (Wildman–Crippen LogP) is 2.06. The van der Waals surface area contributed by atoms with Gasteiger partial charge in [-0.25, -0.2) is 0 Å². The third-order valence-corrected chi connectivity index (χ3v) is 3.75. The van der Waals surface area contributed by atoms with Crippen molar-refractivity contribution in [3.63, 3.8) is 0 Å². The van der Waals surface area contributed by atoms with Gasteiger partial charge in [0.15, 0.2) is 0 Å². The molecule has 21 heavy (non-hydrogen) atoms. The molecule has 1 fully saturated rings. The summed E-state index contributed by atoms with van der Waals surface area (Å²) in [6, 6.07) is 0. The van der Waals surface area contributed by atoms with Crippen LogP contribution in [0.3, 0.4) is 0 Å². The Kier molecular flexibility index (Phi) is 5.72. The minimum Gasteiger partial charge on any atom is -0.393 e. The maximum Gasteiger partial charge on any atom is 0.229 e. The topological polar surface area (TPSA) is 77.6 Å². The van der Waals surface area contributed by atoms with Crippen molar-refractivity contribution >= 4 is 0 Å². The van der Waals surface area contributed by atoms with Crippen LogP contribution in [-0.4, -0.2) is 41.2 Å². The van der Waals surface area contributed by atoms with Crippen molar-refractivity contribution in [1.29, 1.82) is 0 Å². The number of rotatable bonds is 7. The number of aromatic nitrogens is 2. The van der Waals surface area contributed by atoms with Crippen LogP contribution < -0.4 is 0 Å². The Bertz CT molecular complexity index is 422. The molecule has 0 radical (unpaired) electrons. The summed E-state index contributed by atoms with van der Waals surface area (Å²) in [5.41, 5.74) is -0.502. The van der Waals surface area contributed by atoms with E-state index in [1.54, 1.807) is 0 Å². The number of ether oxygens (including phenoxy) is 2. The number of hydrogen-bond acceptors (Lipinski definition) is 6. The SMILES string of the molecule is CCOC1(c2noc(CC(O)CC(C)C)n2)CCOCC1. The molecule has 0 aliphatic carbocycles. The number of aliphatic hydroxyl groups is 1. The van der Waals surface area contributed by atoms with Crippen LogP contribution in [0.25, 0.3) is 0 Å². The largest absolute Gasteiger partial charge is 0.393 e. The van der Waals surface area contributed by atoms with Gasteiger partial charge in [0.05, 0.1) is 12.5 Å². The molecule has 0 bridgehead atoms. The van der Waals surface area contributed by atoms with Crippen LogP contribution in [0.1, 0.15) is 51.7 Å². The zero-order valence-electron chi connectivity index (χ0n) is 13.2. The third-order valence-electron chi connectivity index (χ3n) is 3.75. The Hall–Kier alpha value is -0.980. The molecule has 6 heteroatoms. The van der Waals surface area contributed by atoms with Gasteiger partial charge in [0, 0.05) is 32.7 Å². The zero-order chi connectivity index (χ0) is 15.3. The van der Waals surface area contributed by atoms with Gasteiger partial charge >= 0.3 is 0 Å². The molecule has 0 amide bonds. The van der Waals surface area contributed by atoms with E-state index in [9.17, 15) is 5.11 Å². The lowest BCUT2D eigenvalue weighted by Gasteiger charge is -2.33. The van der Waals surface area contributed by atoms with Gasteiger partial charge in [-0.05, 0) is 19.3 Å². The summed E-state index contributed by atoms with van der Waals surface area (Å²) in [7, 11) is 0. The molecule has 1 atom stereocenters. The van der Waals surface area contributed by atoms with Crippen LogP contribution in [-0.2, 0) is 21.5 Å². The van der Waals surface area contributed by atoms with Crippen LogP contribution >= 0.6 is 0 Å². The van der Waals surface area contributed by atoms with Crippen LogP contribution in [0.2, 0.25) is 0 Å². The first kappa shape index (κ1) is 16.4. The second-order valence-electron chi connectivity index (χ2n) is 6.04. The van der Waals surface area contributed by atoms with E-state index >= 15 is 0 Å². The van der Waals surface area contributed by atoms with Gasteiger partial charge in [0.25, 0.3) is 0 Å². The average Bonchev–Trinajstić information content (AvgIpc) is 2.88. The van der Waals surface area contributed by atoms with Gasteiger partial charge in [-0.15, -0.1) is 0 Å². The number of aliphatic hydroxyl groups excluding tert-OH is 1. The Balaban J connectivity index is 2.06. The van der Waals surface area contributed by atoms with Gasteiger partial charge in [-0.2, -0.15) is 4.98 Å². The van der Waals surface area contributed by atoms with Gasteiger partial charge in [-0.1, -0.05) is 19.0 Å². The standard InChI is InChI=1S/C15H26N2O4/c1-4-20-15(5-7-19-8-6-15)14-16-13(21-17-14)10-12(18)9-11(2)3/h11-12,18H,4-10H2,1-3H3. The molecule has 2 rings (SSSR count). The van der Waals surface area contributed by atoms with E-state index in [4.69, 9.17) is 14.0 Å². The second-order valence-corrected chi connectivity index (χ2v) is 6.04. The highest BCUT2D eigenvalue weighted by atomic mass is 16.5. The summed E-state index contributed by atoms with van der Waals surface area (Å²) in [6.45, 7) is 7.99. The first-order valence-corrected chi connectivity index (χ1v) is 7.78. The molecular weight excluding hydrogens is 272 g/mol. The molecule has 1 saturated heterocycles. The minimum absolute atomic E-state index is 0.393. The van der Waals surface area contributed by atoms with Gasteiger partial charge < -0.3 is 19.1 Å². The summed E-state index contributed by atoms with van der Waals surface area (Å²) < 4.78 is 16.6. The fourth-order valence-electron chi connectivity index (χ4n) is 2.76. The molecule has 0 saturated carbocycles. The monoisotopic (exact) mass is 298 g/mol. The normalized spacial score (nSPS) is 19.9. The van der Waals surface area contributed by atoms with Crippen molar-refractivity contribution in [3.8, 4) is 0 Å². The molecular formula is C15H26N2O4. The summed E-state index contributed by atoms with van der Waals surface area (Å²) in [6.07, 6.45) is 2.13. The second kappa shape index (κ2) is 7.33. The van der Waals surface area contributed by atoms with Gasteiger partial charge in [0.1, 0.15) is 5.60 Å². The summed E-state index contributed by atoms with van der Waals surface area (Å²) in [5.74, 6) is 1.50. The fourth-order valence-corrected chi connectivity index (χ4v) is 2.76. The Morgan fingerprint density at radius 1 is 1.33 bits per heavy atom. The smallest absolute Gasteiger partial charge is 0.229 e. The number of nitrogens with zero attached hydrogens (tertiary/aromatic N) is 2. The van der Waals surface area contributed by atoms with Crippen molar-refractivity contribution < 1.29 is 19.1 Å². The molecule has 1 aromatic heterocycles. The molecule has 120 valence electrons. The Morgan fingerprint density at radius 2 is 2.05 bits per heavy atom. The first-order valence-electron chi connectivity index (χ1n) is 7.78. The van der Waals surface area contributed by atoms with Crippen LogP contribution in [0.4, 0.5) is 0 Å². The van der Waals surface area contributed by atoms with Crippen molar-refractivity contribution in [2.24, 2.45) is 5.92 Å². The molecule has 6 nitrogen and oxygen atoms in total. The highest BCUT2D eigenvalue weighted by molar-refractivity contribution is 5.03. The first-order chi connectivity index (χ1) is 10.1. The minimum atomic E-state index is -0.502. The lowest BCUT2D eigenvalue weighted by Crippen LogP contribution is -2.37. The molecule has 1 aliphatic rings. The summed E-state index contributed by atoms with van der Waals surface area (Å²) >= 11 is 0. The van der Waals surface area contributed by atoms with E-state index in [2.05, 4.69) is 24.0 Å². The highest BCUT2D eigenvalue weighted by Crippen LogP contribution is 2.34. The van der Waals surface area contributed by atoms with Crippen molar-refractivity contribution in [1.82, 2.24) is 10.1 Å². The molecule has 1 aliphatic heterocycles. The van der Waals surface area contributed by atoms with E-state index in [1.807, 2.05) is 6.92 Å².